The highest BCUT2D eigenvalue weighted by atomic mass is 79.9. The summed E-state index contributed by atoms with van der Waals surface area (Å²) in [5.74, 6) is 0.0612. The van der Waals surface area contributed by atoms with E-state index in [2.05, 4.69) is 31.7 Å². The molecule has 0 aliphatic carbocycles. The predicted octanol–water partition coefficient (Wildman–Crippen LogP) is 4.09. The minimum atomic E-state index is 0.0612. The Labute approximate surface area is 116 Å². The number of thiophene rings is 1. The zero-order valence-corrected chi connectivity index (χ0v) is 12.6. The summed E-state index contributed by atoms with van der Waals surface area (Å²) in [5, 5.41) is 6.17. The number of nitrogens with zero attached hydrogens (tertiary/aromatic N) is 1. The molecule has 0 bridgehead atoms. The van der Waals surface area contributed by atoms with E-state index in [1.807, 2.05) is 12.3 Å². The van der Waals surface area contributed by atoms with Gasteiger partial charge in [-0.15, -0.1) is 11.3 Å². The number of carbonyl (C=O) groups excluding carboxylic acids is 1. The Morgan fingerprint density at radius 2 is 2.35 bits per heavy atom. The van der Waals surface area contributed by atoms with E-state index in [1.165, 1.54) is 16.4 Å². The summed E-state index contributed by atoms with van der Waals surface area (Å²) >= 11 is 6.44. The third kappa shape index (κ3) is 2.94. The van der Waals surface area contributed by atoms with Crippen molar-refractivity contribution in [3.8, 4) is 0 Å². The molecule has 2 rings (SSSR count). The van der Waals surface area contributed by atoms with Crippen LogP contribution >= 0.6 is 38.8 Å². The first-order valence-corrected chi connectivity index (χ1v) is 7.46. The summed E-state index contributed by atoms with van der Waals surface area (Å²) in [6.07, 6.45) is 0. The van der Waals surface area contributed by atoms with Crippen molar-refractivity contribution in [2.45, 2.75) is 20.4 Å². The van der Waals surface area contributed by atoms with Crippen LogP contribution in [0.3, 0.4) is 0 Å². The number of carbonyl (C=O) groups is 1. The summed E-state index contributed by atoms with van der Waals surface area (Å²) in [6, 6.07) is 2.07. The smallest absolute Gasteiger partial charge is 0.164 e. The molecule has 0 aliphatic heterocycles. The quantitative estimate of drug-likeness (QED) is 0.858. The topological polar surface area (TPSA) is 42.0 Å². The van der Waals surface area contributed by atoms with E-state index in [0.29, 0.717) is 5.56 Å². The Hall–Kier alpha value is -0.720. The van der Waals surface area contributed by atoms with E-state index in [1.54, 1.807) is 18.3 Å². The summed E-state index contributed by atoms with van der Waals surface area (Å²) in [7, 11) is 0. The van der Waals surface area contributed by atoms with Crippen molar-refractivity contribution in [1.82, 2.24) is 4.37 Å². The lowest BCUT2D eigenvalue weighted by Crippen LogP contribution is -2.02. The SMILES string of the molecule is CC(=O)c1c(C)nsc1NCc1cc(Br)cs1. The van der Waals surface area contributed by atoms with Gasteiger partial charge in [0.1, 0.15) is 5.00 Å². The lowest BCUT2D eigenvalue weighted by Gasteiger charge is -2.03. The van der Waals surface area contributed by atoms with Crippen LogP contribution in [0.15, 0.2) is 15.9 Å². The molecule has 0 fully saturated rings. The van der Waals surface area contributed by atoms with Crippen LogP contribution in [-0.2, 0) is 6.54 Å². The van der Waals surface area contributed by atoms with E-state index in [9.17, 15) is 4.79 Å². The van der Waals surface area contributed by atoms with Crippen molar-refractivity contribution in [2.75, 3.05) is 5.32 Å². The van der Waals surface area contributed by atoms with Crippen LogP contribution in [0.4, 0.5) is 5.00 Å². The molecule has 0 atom stereocenters. The molecule has 17 heavy (non-hydrogen) atoms. The Morgan fingerprint density at radius 3 is 2.94 bits per heavy atom. The predicted molar refractivity (Wildman–Crippen MR) is 76.2 cm³/mol. The van der Waals surface area contributed by atoms with Gasteiger partial charge in [0.05, 0.1) is 17.8 Å². The molecule has 0 unspecified atom stereocenters. The molecule has 1 N–H and O–H groups in total. The first-order valence-electron chi connectivity index (χ1n) is 5.02. The maximum atomic E-state index is 11.5. The van der Waals surface area contributed by atoms with Gasteiger partial charge in [0, 0.05) is 14.7 Å². The molecule has 2 heterocycles. The third-order valence-corrected chi connectivity index (χ3v) is 4.85. The van der Waals surface area contributed by atoms with Gasteiger partial charge in [0.25, 0.3) is 0 Å². The molecule has 0 saturated carbocycles. The van der Waals surface area contributed by atoms with Crippen LogP contribution in [0.5, 0.6) is 0 Å². The Bertz CT molecular complexity index is 547. The van der Waals surface area contributed by atoms with Crippen LogP contribution in [0.2, 0.25) is 0 Å². The summed E-state index contributed by atoms with van der Waals surface area (Å²) in [4.78, 5) is 12.7. The van der Waals surface area contributed by atoms with Crippen LogP contribution in [-0.4, -0.2) is 10.2 Å². The van der Waals surface area contributed by atoms with Gasteiger partial charge >= 0.3 is 0 Å². The molecular formula is C11H11BrN2OS2. The van der Waals surface area contributed by atoms with Crippen molar-refractivity contribution in [3.63, 3.8) is 0 Å². The highest BCUT2D eigenvalue weighted by molar-refractivity contribution is 9.10. The second-order valence-electron chi connectivity index (χ2n) is 3.61. The fourth-order valence-electron chi connectivity index (χ4n) is 1.52. The van der Waals surface area contributed by atoms with E-state index < -0.39 is 0 Å². The molecule has 0 aromatic carbocycles. The zero-order chi connectivity index (χ0) is 12.4. The number of Topliss-reactive ketones (excluding diaryl/α,β-unsaturated/α-hetero) is 1. The molecule has 0 amide bonds. The number of hydrogen-bond donors (Lipinski definition) is 1. The van der Waals surface area contributed by atoms with Gasteiger partial charge in [0.15, 0.2) is 5.78 Å². The Kier molecular flexibility index (Phi) is 3.96. The van der Waals surface area contributed by atoms with Gasteiger partial charge in [-0.2, -0.15) is 4.37 Å². The van der Waals surface area contributed by atoms with Crippen molar-refractivity contribution in [1.29, 1.82) is 0 Å². The number of halogens is 1. The van der Waals surface area contributed by atoms with Crippen molar-refractivity contribution in [2.24, 2.45) is 0 Å². The standard InChI is InChI=1S/C11H11BrN2OS2/c1-6-10(7(2)15)11(17-14-6)13-4-9-3-8(12)5-16-9/h3,5,13H,4H2,1-2H3. The van der Waals surface area contributed by atoms with Gasteiger partial charge in [-0.1, -0.05) is 0 Å². The molecule has 0 spiro atoms. The highest BCUT2D eigenvalue weighted by Gasteiger charge is 2.14. The minimum Gasteiger partial charge on any atom is -0.370 e. The molecule has 0 radical (unpaired) electrons. The summed E-state index contributed by atoms with van der Waals surface area (Å²) in [6.45, 7) is 4.15. The molecule has 2 aromatic rings. The number of hydrogen-bond acceptors (Lipinski definition) is 5. The average Bonchev–Trinajstić information content (AvgIpc) is 2.82. The second kappa shape index (κ2) is 5.29. The van der Waals surface area contributed by atoms with Crippen molar-refractivity contribution in [3.05, 3.63) is 32.1 Å². The highest BCUT2D eigenvalue weighted by Crippen LogP contribution is 2.27. The fraction of sp³-hybridized carbons (Fsp3) is 0.273. The lowest BCUT2D eigenvalue weighted by molar-refractivity contribution is 0.101. The van der Waals surface area contributed by atoms with Gasteiger partial charge in [-0.05, 0) is 47.4 Å². The van der Waals surface area contributed by atoms with Crippen LogP contribution in [0, 0.1) is 6.92 Å². The molecule has 3 nitrogen and oxygen atoms in total. The van der Waals surface area contributed by atoms with Crippen molar-refractivity contribution < 1.29 is 4.79 Å². The number of rotatable bonds is 4. The van der Waals surface area contributed by atoms with E-state index in [0.717, 1.165) is 21.7 Å². The molecule has 2 aromatic heterocycles. The largest absolute Gasteiger partial charge is 0.370 e. The van der Waals surface area contributed by atoms with Gasteiger partial charge in [-0.3, -0.25) is 4.79 Å². The summed E-state index contributed by atoms with van der Waals surface area (Å²) < 4.78 is 5.30. The van der Waals surface area contributed by atoms with E-state index in [4.69, 9.17) is 0 Å². The van der Waals surface area contributed by atoms with E-state index in [-0.39, 0.29) is 5.78 Å². The van der Waals surface area contributed by atoms with E-state index >= 15 is 0 Å². The molecular weight excluding hydrogens is 320 g/mol. The number of anilines is 1. The van der Waals surface area contributed by atoms with Crippen LogP contribution in [0.25, 0.3) is 0 Å². The third-order valence-electron chi connectivity index (χ3n) is 2.26. The normalized spacial score (nSPS) is 10.5. The molecule has 0 aliphatic rings. The maximum absolute atomic E-state index is 11.5. The number of aromatic nitrogens is 1. The Balaban J connectivity index is 2.11. The maximum Gasteiger partial charge on any atom is 0.164 e. The monoisotopic (exact) mass is 330 g/mol. The minimum absolute atomic E-state index is 0.0612. The zero-order valence-electron chi connectivity index (χ0n) is 9.41. The summed E-state index contributed by atoms with van der Waals surface area (Å²) in [5.41, 5.74) is 1.52. The van der Waals surface area contributed by atoms with Crippen molar-refractivity contribution >= 4 is 49.6 Å². The van der Waals surface area contributed by atoms with Crippen LogP contribution in [0.1, 0.15) is 27.9 Å². The van der Waals surface area contributed by atoms with Gasteiger partial charge in [0.2, 0.25) is 0 Å². The first kappa shape index (κ1) is 12.7. The molecule has 0 saturated heterocycles. The molecule has 6 heteroatoms. The number of aryl methyl sites for hydroxylation is 1. The first-order chi connectivity index (χ1) is 8.08. The molecule has 90 valence electrons. The second-order valence-corrected chi connectivity index (χ2v) is 6.30. The number of ketones is 1. The average molecular weight is 331 g/mol. The van der Waals surface area contributed by atoms with Crippen LogP contribution < -0.4 is 5.32 Å². The van der Waals surface area contributed by atoms with Gasteiger partial charge in [-0.25, -0.2) is 0 Å². The fourth-order valence-corrected chi connectivity index (χ4v) is 3.75. The number of nitrogens with one attached hydrogen (secondary N) is 1. The lowest BCUT2D eigenvalue weighted by atomic mass is 10.2. The Morgan fingerprint density at radius 1 is 1.59 bits per heavy atom. The van der Waals surface area contributed by atoms with Gasteiger partial charge < -0.3 is 5.32 Å².